The highest BCUT2D eigenvalue weighted by Gasteiger charge is 2.49. The molecule has 2 aliphatic heterocycles. The van der Waals surface area contributed by atoms with Crippen molar-refractivity contribution in [2.45, 2.75) is 24.8 Å². The lowest BCUT2D eigenvalue weighted by atomic mass is 9.76. The van der Waals surface area contributed by atoms with Crippen molar-refractivity contribution in [2.75, 3.05) is 13.7 Å². The van der Waals surface area contributed by atoms with Crippen LogP contribution in [-0.2, 0) is 16.8 Å². The molecule has 6 nitrogen and oxygen atoms in total. The van der Waals surface area contributed by atoms with Crippen LogP contribution in [0, 0.1) is 5.41 Å². The molecule has 31 heavy (non-hydrogen) atoms. The fourth-order valence-corrected chi connectivity index (χ4v) is 5.56. The zero-order valence-electron chi connectivity index (χ0n) is 17.7. The number of thiophene rings is 1. The van der Waals surface area contributed by atoms with Crippen molar-refractivity contribution >= 4 is 36.5 Å². The predicted octanol–water partition coefficient (Wildman–Crippen LogP) is 2.00. The van der Waals surface area contributed by atoms with E-state index in [1.54, 1.807) is 18.4 Å². The van der Waals surface area contributed by atoms with E-state index in [0.717, 1.165) is 44.8 Å². The van der Waals surface area contributed by atoms with Gasteiger partial charge in [0.25, 0.3) is 0 Å². The maximum atomic E-state index is 13.5. The minimum Gasteiger partial charge on any atom is -0.493 e. The van der Waals surface area contributed by atoms with E-state index >= 15 is 0 Å². The van der Waals surface area contributed by atoms with Gasteiger partial charge < -0.3 is 10.1 Å². The normalized spacial score (nSPS) is 22.8. The number of aromatic nitrogens is 1. The second-order valence-electron chi connectivity index (χ2n) is 8.42. The Labute approximate surface area is 186 Å². The van der Waals surface area contributed by atoms with Crippen LogP contribution in [0.3, 0.4) is 0 Å². The molecule has 4 heterocycles. The van der Waals surface area contributed by atoms with Gasteiger partial charge in [0.1, 0.15) is 13.6 Å². The second kappa shape index (κ2) is 7.23. The molecule has 1 fully saturated rings. The fraction of sp³-hybridized carbons (Fsp3) is 0.261. The molecular weight excluding hydrogens is 407 g/mol. The maximum Gasteiger partial charge on any atom is 0.239 e. The van der Waals surface area contributed by atoms with Crippen LogP contribution in [0.15, 0.2) is 48.1 Å². The number of hydrogen-bond donors (Lipinski definition) is 2. The summed E-state index contributed by atoms with van der Waals surface area (Å²) < 4.78 is 5.66. The van der Waals surface area contributed by atoms with Gasteiger partial charge in [0.15, 0.2) is 5.96 Å². The number of amides is 1. The van der Waals surface area contributed by atoms with Crippen LogP contribution in [0.1, 0.15) is 28.8 Å². The standard InChI is InChI=1S/C23H23BN4O2S/c1-23(19-9-16(12-31-19)15-8-17(24)11-26-10-15)20(21(29)28(2)22(25)27-23)14-3-4-18-13(7-14)5-6-30-18/h3-4,7-12,20H,5-6,24H2,1-2H3,(H2,25,27)/t20-,23-/m1/s1. The number of likely N-dealkylation sites (N-methyl/N-ethyl adjacent to an activating group) is 1. The van der Waals surface area contributed by atoms with Gasteiger partial charge in [-0.05, 0) is 41.1 Å². The topological polar surface area (TPSA) is 78.3 Å². The van der Waals surface area contributed by atoms with Crippen molar-refractivity contribution in [1.82, 2.24) is 15.2 Å². The third-order valence-corrected chi connectivity index (χ3v) is 7.40. The highest BCUT2D eigenvalue weighted by atomic mass is 32.1. The summed E-state index contributed by atoms with van der Waals surface area (Å²) >= 11 is 1.60. The van der Waals surface area contributed by atoms with Gasteiger partial charge in [0.05, 0.1) is 18.1 Å². The smallest absolute Gasteiger partial charge is 0.239 e. The second-order valence-corrected chi connectivity index (χ2v) is 9.33. The highest BCUT2D eigenvalue weighted by molar-refractivity contribution is 7.10. The lowest BCUT2D eigenvalue weighted by Gasteiger charge is -2.45. The van der Waals surface area contributed by atoms with E-state index in [9.17, 15) is 4.79 Å². The Hall–Kier alpha value is -3.13. The minimum atomic E-state index is -0.742. The average Bonchev–Trinajstić information content (AvgIpc) is 3.42. The summed E-state index contributed by atoms with van der Waals surface area (Å²) in [5.74, 6) is 0.463. The molecule has 2 aliphatic rings. The fourth-order valence-electron chi connectivity index (χ4n) is 4.49. The van der Waals surface area contributed by atoms with E-state index in [4.69, 9.17) is 10.1 Å². The Morgan fingerprint density at radius 1 is 1.29 bits per heavy atom. The molecule has 2 aromatic heterocycles. The van der Waals surface area contributed by atoms with Crippen LogP contribution in [0.25, 0.3) is 11.1 Å². The summed E-state index contributed by atoms with van der Waals surface area (Å²) in [5, 5.41) is 13.8. The molecule has 156 valence electrons. The zero-order valence-corrected chi connectivity index (χ0v) is 18.5. The number of carbonyl (C=O) groups excluding carboxylic acids is 1. The van der Waals surface area contributed by atoms with Gasteiger partial charge in [-0.15, -0.1) is 11.3 Å². The lowest BCUT2D eigenvalue weighted by molar-refractivity contribution is -0.131. The van der Waals surface area contributed by atoms with Gasteiger partial charge in [-0.25, -0.2) is 0 Å². The number of nitrogens with zero attached hydrogens (tertiary/aromatic N) is 2. The number of hydrogen-bond acceptors (Lipinski definition) is 5. The van der Waals surface area contributed by atoms with Crippen LogP contribution in [0.4, 0.5) is 0 Å². The van der Waals surface area contributed by atoms with Gasteiger partial charge in [0.2, 0.25) is 5.91 Å². The number of fused-ring (bicyclic) bond motifs is 1. The molecule has 0 aliphatic carbocycles. The number of benzene rings is 1. The summed E-state index contributed by atoms with van der Waals surface area (Å²) in [6, 6.07) is 10.3. The summed E-state index contributed by atoms with van der Waals surface area (Å²) in [7, 11) is 3.68. The van der Waals surface area contributed by atoms with Crippen LogP contribution >= 0.6 is 11.3 Å². The van der Waals surface area contributed by atoms with E-state index in [2.05, 4.69) is 33.9 Å². The molecule has 8 heteroatoms. The van der Waals surface area contributed by atoms with Crippen molar-refractivity contribution in [3.05, 3.63) is 64.1 Å². The number of carbonyl (C=O) groups is 1. The Morgan fingerprint density at radius 2 is 2.13 bits per heavy atom. The summed E-state index contributed by atoms with van der Waals surface area (Å²) in [6.07, 6.45) is 4.54. The van der Waals surface area contributed by atoms with E-state index in [-0.39, 0.29) is 11.9 Å². The average molecular weight is 430 g/mol. The van der Waals surface area contributed by atoms with Crippen LogP contribution in [0.2, 0.25) is 0 Å². The van der Waals surface area contributed by atoms with Crippen LogP contribution < -0.4 is 15.5 Å². The highest BCUT2D eigenvalue weighted by Crippen LogP contribution is 2.45. The van der Waals surface area contributed by atoms with Crippen molar-refractivity contribution in [2.24, 2.45) is 0 Å². The lowest BCUT2D eigenvalue weighted by Crippen LogP contribution is -2.62. The van der Waals surface area contributed by atoms with Gasteiger partial charge in [0, 0.05) is 36.3 Å². The van der Waals surface area contributed by atoms with Crippen molar-refractivity contribution in [3.63, 3.8) is 0 Å². The van der Waals surface area contributed by atoms with Gasteiger partial charge in [-0.3, -0.25) is 20.1 Å². The third-order valence-electron chi connectivity index (χ3n) is 6.23. The molecular formula is C23H23BN4O2S. The molecule has 1 aromatic carbocycles. The zero-order chi connectivity index (χ0) is 21.8. The predicted molar refractivity (Wildman–Crippen MR) is 125 cm³/mol. The van der Waals surface area contributed by atoms with E-state index in [1.165, 1.54) is 4.90 Å². The first kappa shape index (κ1) is 19.8. The van der Waals surface area contributed by atoms with Crippen molar-refractivity contribution < 1.29 is 9.53 Å². The first-order valence-electron chi connectivity index (χ1n) is 10.3. The Morgan fingerprint density at radius 3 is 2.94 bits per heavy atom. The first-order valence-corrected chi connectivity index (χ1v) is 11.2. The third kappa shape index (κ3) is 3.22. The first-order chi connectivity index (χ1) is 14.9. The molecule has 2 atom stereocenters. The van der Waals surface area contributed by atoms with Crippen molar-refractivity contribution in [1.29, 1.82) is 5.41 Å². The molecule has 1 saturated heterocycles. The molecule has 0 radical (unpaired) electrons. The molecule has 0 spiro atoms. The van der Waals surface area contributed by atoms with Gasteiger partial charge in [-0.2, -0.15) is 0 Å². The monoisotopic (exact) mass is 430 g/mol. The largest absolute Gasteiger partial charge is 0.493 e. The molecule has 2 N–H and O–H groups in total. The van der Waals surface area contributed by atoms with E-state index in [1.807, 2.05) is 39.3 Å². The summed E-state index contributed by atoms with van der Waals surface area (Å²) in [6.45, 7) is 2.70. The molecule has 1 amide bonds. The Kier molecular flexibility index (Phi) is 4.62. The van der Waals surface area contributed by atoms with Crippen LogP contribution in [-0.4, -0.2) is 43.3 Å². The van der Waals surface area contributed by atoms with Crippen molar-refractivity contribution in [3.8, 4) is 16.9 Å². The molecule has 0 unspecified atom stereocenters. The molecule has 0 saturated carbocycles. The number of rotatable bonds is 3. The SMILES string of the molecule is Bc1cncc(-c2csc([C@@]3(C)NC(=N)N(C)C(=O)[C@H]3c3ccc4c(c3)CCO4)c2)c1. The number of nitrogens with one attached hydrogen (secondary N) is 2. The summed E-state index contributed by atoms with van der Waals surface area (Å²) in [4.78, 5) is 20.2. The number of ether oxygens (including phenoxy) is 1. The Balaban J connectivity index is 1.60. The van der Waals surface area contributed by atoms with E-state index in [0.29, 0.717) is 6.61 Å². The summed E-state index contributed by atoms with van der Waals surface area (Å²) in [5.41, 5.74) is 4.55. The Bertz CT molecular complexity index is 1210. The molecule has 5 rings (SSSR count). The van der Waals surface area contributed by atoms with Gasteiger partial charge >= 0.3 is 0 Å². The number of guanidine groups is 1. The van der Waals surface area contributed by atoms with Crippen LogP contribution in [0.5, 0.6) is 5.75 Å². The molecule has 0 bridgehead atoms. The quantitative estimate of drug-likeness (QED) is 0.624. The van der Waals surface area contributed by atoms with E-state index < -0.39 is 11.5 Å². The molecule has 3 aromatic rings. The van der Waals surface area contributed by atoms with Gasteiger partial charge in [-0.1, -0.05) is 23.7 Å². The number of pyridine rings is 1. The maximum absolute atomic E-state index is 13.5. The minimum absolute atomic E-state index is 0.0858.